The summed E-state index contributed by atoms with van der Waals surface area (Å²) in [7, 11) is 0. The van der Waals surface area contributed by atoms with Crippen LogP contribution in [0.25, 0.3) is 0 Å². The largest absolute Gasteiger partial charge is 0.481 e. The van der Waals surface area contributed by atoms with E-state index in [0.29, 0.717) is 38.2 Å². The van der Waals surface area contributed by atoms with Crippen LogP contribution in [0.15, 0.2) is 18.3 Å². The maximum atomic E-state index is 13.9. The zero-order valence-electron chi connectivity index (χ0n) is 14.9. The van der Waals surface area contributed by atoms with Crippen LogP contribution < -0.4 is 10.2 Å². The van der Waals surface area contributed by atoms with Crippen LogP contribution in [0.5, 0.6) is 0 Å². The molecule has 3 rings (SSSR count). The molecular weight excluding hydrogens is 337 g/mol. The molecule has 0 radical (unpaired) electrons. The number of halogens is 1. The highest BCUT2D eigenvalue weighted by Crippen LogP contribution is 2.38. The number of anilines is 1. The summed E-state index contributed by atoms with van der Waals surface area (Å²) in [6.45, 7) is 1.10. The van der Waals surface area contributed by atoms with Gasteiger partial charge in [0, 0.05) is 31.7 Å². The molecular formula is C19H26FN3O3. The third kappa shape index (κ3) is 4.14. The van der Waals surface area contributed by atoms with Crippen molar-refractivity contribution in [2.75, 3.05) is 18.0 Å². The van der Waals surface area contributed by atoms with Gasteiger partial charge in [0.1, 0.15) is 0 Å². The van der Waals surface area contributed by atoms with Crippen LogP contribution in [-0.2, 0) is 9.59 Å². The predicted molar refractivity (Wildman–Crippen MR) is 95.3 cm³/mol. The monoisotopic (exact) mass is 363 g/mol. The van der Waals surface area contributed by atoms with Gasteiger partial charge in [0.05, 0.1) is 5.41 Å². The van der Waals surface area contributed by atoms with E-state index in [1.165, 1.54) is 6.07 Å². The molecule has 7 heteroatoms. The Morgan fingerprint density at radius 2 is 2.04 bits per heavy atom. The number of carboxylic acid groups (broad SMARTS) is 1. The minimum atomic E-state index is -0.939. The summed E-state index contributed by atoms with van der Waals surface area (Å²) in [6.07, 6.45) is 7.17. The second-order valence-electron chi connectivity index (χ2n) is 7.48. The SMILES string of the molecule is O=C(CC1(C(=O)O)CCCCCC1)N[C@@H]1CCN(c2ncccc2F)C1. The molecule has 142 valence electrons. The lowest BCUT2D eigenvalue weighted by atomic mass is 9.77. The molecule has 1 saturated carbocycles. The highest BCUT2D eigenvalue weighted by Gasteiger charge is 2.41. The number of pyridine rings is 1. The third-order valence-electron chi connectivity index (χ3n) is 5.61. The van der Waals surface area contributed by atoms with Gasteiger partial charge in [-0.2, -0.15) is 0 Å². The average molecular weight is 363 g/mol. The summed E-state index contributed by atoms with van der Waals surface area (Å²) in [5, 5.41) is 12.7. The number of nitrogens with zero attached hydrogens (tertiary/aromatic N) is 2. The second kappa shape index (κ2) is 8.01. The van der Waals surface area contributed by atoms with Crippen molar-refractivity contribution >= 4 is 17.7 Å². The van der Waals surface area contributed by atoms with Crippen molar-refractivity contribution in [3.05, 3.63) is 24.1 Å². The Hall–Kier alpha value is -2.18. The van der Waals surface area contributed by atoms with E-state index in [-0.39, 0.29) is 24.2 Å². The summed E-state index contributed by atoms with van der Waals surface area (Å²) in [6, 6.07) is 2.81. The van der Waals surface area contributed by atoms with Crippen molar-refractivity contribution in [1.82, 2.24) is 10.3 Å². The number of hydrogen-bond donors (Lipinski definition) is 2. The molecule has 2 aliphatic rings. The Bertz CT molecular complexity index is 659. The number of hydrogen-bond acceptors (Lipinski definition) is 4. The summed E-state index contributed by atoms with van der Waals surface area (Å²) < 4.78 is 13.9. The molecule has 2 heterocycles. The fraction of sp³-hybridized carbons (Fsp3) is 0.632. The van der Waals surface area contributed by atoms with E-state index in [4.69, 9.17) is 0 Å². The smallest absolute Gasteiger partial charge is 0.310 e. The molecule has 1 atom stereocenters. The quantitative estimate of drug-likeness (QED) is 0.786. The first-order valence-electron chi connectivity index (χ1n) is 9.38. The van der Waals surface area contributed by atoms with Crippen LogP contribution in [0.4, 0.5) is 10.2 Å². The zero-order valence-corrected chi connectivity index (χ0v) is 14.9. The number of carbonyl (C=O) groups is 2. The number of rotatable bonds is 5. The molecule has 1 aliphatic heterocycles. The second-order valence-corrected chi connectivity index (χ2v) is 7.48. The van der Waals surface area contributed by atoms with Crippen molar-refractivity contribution in [2.45, 2.75) is 57.4 Å². The van der Waals surface area contributed by atoms with Gasteiger partial charge in [-0.3, -0.25) is 9.59 Å². The first kappa shape index (κ1) is 18.6. The van der Waals surface area contributed by atoms with Gasteiger partial charge in [0.2, 0.25) is 5.91 Å². The van der Waals surface area contributed by atoms with E-state index >= 15 is 0 Å². The summed E-state index contributed by atoms with van der Waals surface area (Å²) in [5.41, 5.74) is -0.939. The molecule has 1 saturated heterocycles. The Morgan fingerprint density at radius 1 is 1.31 bits per heavy atom. The van der Waals surface area contributed by atoms with Gasteiger partial charge in [0.25, 0.3) is 0 Å². The van der Waals surface area contributed by atoms with Gasteiger partial charge in [-0.25, -0.2) is 9.37 Å². The standard InChI is InChI=1S/C19H26FN3O3/c20-15-6-5-10-21-17(15)23-11-7-14(13-23)22-16(24)12-19(18(25)26)8-3-1-2-4-9-19/h5-6,10,14H,1-4,7-9,11-13H2,(H,22,24)(H,25,26)/t14-/m1/s1. The lowest BCUT2D eigenvalue weighted by Gasteiger charge is -2.28. The molecule has 0 aromatic carbocycles. The molecule has 2 N–H and O–H groups in total. The number of nitrogens with one attached hydrogen (secondary N) is 1. The fourth-order valence-corrected chi connectivity index (χ4v) is 4.14. The molecule has 6 nitrogen and oxygen atoms in total. The molecule has 26 heavy (non-hydrogen) atoms. The van der Waals surface area contributed by atoms with Crippen LogP contribution >= 0.6 is 0 Å². The van der Waals surface area contributed by atoms with E-state index in [9.17, 15) is 19.1 Å². The normalized spacial score (nSPS) is 22.7. The molecule has 0 spiro atoms. The van der Waals surface area contributed by atoms with Crippen LogP contribution in [0, 0.1) is 11.2 Å². The van der Waals surface area contributed by atoms with E-state index in [0.717, 1.165) is 25.7 Å². The topological polar surface area (TPSA) is 82.5 Å². The number of carboxylic acids is 1. The van der Waals surface area contributed by atoms with Gasteiger partial charge in [-0.1, -0.05) is 25.7 Å². The van der Waals surface area contributed by atoms with Crippen LogP contribution in [0.2, 0.25) is 0 Å². The lowest BCUT2D eigenvalue weighted by molar-refractivity contribution is -0.153. The molecule has 1 amide bonds. The van der Waals surface area contributed by atoms with E-state index < -0.39 is 11.4 Å². The number of aliphatic carboxylic acids is 1. The van der Waals surface area contributed by atoms with Gasteiger partial charge in [0.15, 0.2) is 11.6 Å². The van der Waals surface area contributed by atoms with Crippen molar-refractivity contribution in [2.24, 2.45) is 5.41 Å². The van der Waals surface area contributed by atoms with Crippen molar-refractivity contribution in [3.8, 4) is 0 Å². The molecule has 1 aromatic rings. The Balaban J connectivity index is 1.58. The van der Waals surface area contributed by atoms with Crippen molar-refractivity contribution in [3.63, 3.8) is 0 Å². The molecule has 1 aromatic heterocycles. The first-order valence-corrected chi connectivity index (χ1v) is 9.38. The van der Waals surface area contributed by atoms with E-state index in [2.05, 4.69) is 10.3 Å². The number of amides is 1. The average Bonchev–Trinajstić information content (AvgIpc) is 2.92. The van der Waals surface area contributed by atoms with Gasteiger partial charge in [-0.05, 0) is 31.4 Å². The van der Waals surface area contributed by atoms with E-state index in [1.807, 2.05) is 4.90 Å². The maximum Gasteiger partial charge on any atom is 0.310 e. The summed E-state index contributed by atoms with van der Waals surface area (Å²) in [5.74, 6) is -1.15. The molecule has 0 bridgehead atoms. The van der Waals surface area contributed by atoms with Crippen LogP contribution in [-0.4, -0.2) is 41.1 Å². The molecule has 1 aliphatic carbocycles. The Morgan fingerprint density at radius 3 is 2.69 bits per heavy atom. The van der Waals surface area contributed by atoms with Crippen LogP contribution in [0.3, 0.4) is 0 Å². The number of aromatic nitrogens is 1. The summed E-state index contributed by atoms with van der Waals surface area (Å²) >= 11 is 0. The van der Waals surface area contributed by atoms with Crippen LogP contribution in [0.1, 0.15) is 51.4 Å². The minimum Gasteiger partial charge on any atom is -0.481 e. The highest BCUT2D eigenvalue weighted by atomic mass is 19.1. The maximum absolute atomic E-state index is 13.9. The summed E-state index contributed by atoms with van der Waals surface area (Å²) in [4.78, 5) is 30.2. The predicted octanol–water partition coefficient (Wildman–Crippen LogP) is 2.73. The van der Waals surface area contributed by atoms with Gasteiger partial charge >= 0.3 is 5.97 Å². The van der Waals surface area contributed by atoms with E-state index in [1.54, 1.807) is 12.3 Å². The van der Waals surface area contributed by atoms with Crippen molar-refractivity contribution < 1.29 is 19.1 Å². The third-order valence-corrected chi connectivity index (χ3v) is 5.61. The van der Waals surface area contributed by atoms with Crippen molar-refractivity contribution in [1.29, 1.82) is 0 Å². The van der Waals surface area contributed by atoms with Gasteiger partial charge < -0.3 is 15.3 Å². The Kier molecular flexibility index (Phi) is 5.74. The fourth-order valence-electron chi connectivity index (χ4n) is 4.14. The van der Waals surface area contributed by atoms with Gasteiger partial charge in [-0.15, -0.1) is 0 Å². The highest BCUT2D eigenvalue weighted by molar-refractivity contribution is 5.85. The molecule has 0 unspecified atom stereocenters. The molecule has 2 fully saturated rings. The minimum absolute atomic E-state index is 0.0246. The Labute approximate surface area is 152 Å². The first-order chi connectivity index (χ1) is 12.5. The lowest BCUT2D eigenvalue weighted by Crippen LogP contribution is -2.42. The zero-order chi connectivity index (χ0) is 18.6. The number of carbonyl (C=O) groups excluding carboxylic acids is 1.